The molecule has 0 aromatic carbocycles. The summed E-state index contributed by atoms with van der Waals surface area (Å²) < 4.78 is 0. The van der Waals surface area contributed by atoms with Gasteiger partial charge >= 0.3 is 0 Å². The van der Waals surface area contributed by atoms with Gasteiger partial charge in [0, 0.05) is 6.42 Å². The van der Waals surface area contributed by atoms with E-state index in [-0.39, 0.29) is 0 Å². The van der Waals surface area contributed by atoms with E-state index in [1.807, 2.05) is 0 Å². The van der Waals surface area contributed by atoms with E-state index >= 15 is 0 Å². The molecule has 0 unspecified atom stereocenters. The molecule has 0 amide bonds. The average Bonchev–Trinajstić information content (AvgIpc) is 1.89. The van der Waals surface area contributed by atoms with Crippen LogP contribution in [-0.4, -0.2) is 0 Å². The Morgan fingerprint density at radius 1 is 1.22 bits per heavy atom. The normalized spacial score (nSPS) is 8.11. The number of rotatable bonds is 3. The van der Waals surface area contributed by atoms with Gasteiger partial charge < -0.3 is 0 Å². The molecule has 0 atom stereocenters. The van der Waals surface area contributed by atoms with E-state index < -0.39 is 0 Å². The first-order valence-electron chi connectivity index (χ1n) is 3.66. The van der Waals surface area contributed by atoms with Crippen LogP contribution in [0.25, 0.3) is 0 Å². The van der Waals surface area contributed by atoms with Crippen LogP contribution in [0.15, 0.2) is 0 Å². The third kappa shape index (κ3) is 7.43. The molecule has 0 heteroatoms. The van der Waals surface area contributed by atoms with Crippen molar-refractivity contribution in [2.75, 3.05) is 0 Å². The van der Waals surface area contributed by atoms with Crippen molar-refractivity contribution < 1.29 is 0 Å². The predicted molar refractivity (Wildman–Crippen MR) is 41.9 cm³/mol. The third-order valence-corrected chi connectivity index (χ3v) is 1.16. The molecule has 0 aliphatic carbocycles. The minimum absolute atomic E-state index is 0.756. The molecule has 0 N–H and O–H groups in total. The van der Waals surface area contributed by atoms with E-state index in [2.05, 4.69) is 25.7 Å². The maximum absolute atomic E-state index is 3.63. The first-order valence-corrected chi connectivity index (χ1v) is 3.66. The fourth-order valence-corrected chi connectivity index (χ4v) is 0.640. The molecule has 0 saturated heterocycles. The first-order chi connectivity index (χ1) is 4.41. The zero-order chi connectivity index (χ0) is 6.95. The zero-order valence-electron chi connectivity index (χ0n) is 6.24. The summed E-state index contributed by atoms with van der Waals surface area (Å²) in [6, 6.07) is 0. The van der Waals surface area contributed by atoms with Crippen LogP contribution in [-0.2, 0) is 0 Å². The summed E-state index contributed by atoms with van der Waals surface area (Å²) in [7, 11) is 0. The second-order valence-electron chi connectivity index (χ2n) is 2.06. The highest BCUT2D eigenvalue weighted by molar-refractivity contribution is 4.98. The van der Waals surface area contributed by atoms with E-state index in [1.165, 1.54) is 19.3 Å². The van der Waals surface area contributed by atoms with E-state index in [0.717, 1.165) is 12.8 Å². The van der Waals surface area contributed by atoms with Crippen molar-refractivity contribution in [3.8, 4) is 11.8 Å². The largest absolute Gasteiger partial charge is 0.145 e. The topological polar surface area (TPSA) is 0 Å². The van der Waals surface area contributed by atoms with E-state index in [4.69, 9.17) is 0 Å². The van der Waals surface area contributed by atoms with Crippen molar-refractivity contribution in [2.45, 2.75) is 39.0 Å². The molecule has 0 saturated carbocycles. The highest BCUT2D eigenvalue weighted by Gasteiger charge is 1.79. The van der Waals surface area contributed by atoms with Crippen molar-refractivity contribution >= 4 is 0 Å². The highest BCUT2D eigenvalue weighted by atomic mass is 13.8. The highest BCUT2D eigenvalue weighted by Crippen LogP contribution is 1.96. The summed E-state index contributed by atoms with van der Waals surface area (Å²) in [5.74, 6) is 6.00. The maximum Gasteiger partial charge on any atom is 0.145 e. The lowest BCUT2D eigenvalue weighted by molar-refractivity contribution is 0.737. The second-order valence-corrected chi connectivity index (χ2v) is 2.06. The van der Waals surface area contributed by atoms with E-state index in [0.29, 0.717) is 0 Å². The van der Waals surface area contributed by atoms with Gasteiger partial charge in [0.1, 0.15) is 6.42 Å². The van der Waals surface area contributed by atoms with Gasteiger partial charge in [-0.05, 0) is 6.42 Å². The Kier molecular flexibility index (Phi) is 6.96. The molecule has 0 bridgehead atoms. The van der Waals surface area contributed by atoms with Crippen molar-refractivity contribution in [1.82, 2.24) is 0 Å². The zero-order valence-corrected chi connectivity index (χ0v) is 6.24. The van der Waals surface area contributed by atoms with Gasteiger partial charge in [0.05, 0.1) is 6.92 Å². The maximum atomic E-state index is 3.63. The van der Waals surface area contributed by atoms with Gasteiger partial charge in [-0.15, -0.1) is 0 Å². The molecule has 0 nitrogen and oxygen atoms in total. The van der Waals surface area contributed by atoms with Gasteiger partial charge in [0.15, 0.2) is 0 Å². The molecule has 50 valence electrons. The molecule has 0 heterocycles. The van der Waals surface area contributed by atoms with Crippen molar-refractivity contribution in [3.05, 3.63) is 6.92 Å². The Balaban J connectivity index is 2.90. The smallest absolute Gasteiger partial charge is 0.0989 e. The van der Waals surface area contributed by atoms with Crippen LogP contribution in [0.2, 0.25) is 0 Å². The number of hydrogen-bond donors (Lipinski definition) is 0. The number of hydrogen-bond acceptors (Lipinski definition) is 0. The Hall–Kier alpha value is -0.570. The molecular formula is C9H15+. The lowest BCUT2D eigenvalue weighted by Crippen LogP contribution is -1.70. The summed E-state index contributed by atoms with van der Waals surface area (Å²) in [6.45, 7) is 5.83. The van der Waals surface area contributed by atoms with Gasteiger partial charge in [0.25, 0.3) is 0 Å². The van der Waals surface area contributed by atoms with E-state index in [1.54, 1.807) is 0 Å². The summed E-state index contributed by atoms with van der Waals surface area (Å²) in [5.41, 5.74) is 0. The molecular weight excluding hydrogens is 108 g/mol. The Morgan fingerprint density at radius 3 is 2.56 bits per heavy atom. The SMILES string of the molecule is [CH2+]CC#CCCCCC. The van der Waals surface area contributed by atoms with Gasteiger partial charge in [0.2, 0.25) is 0 Å². The predicted octanol–water partition coefficient (Wildman–Crippen LogP) is 2.79. The Bertz CT molecular complexity index is 92.3. The molecule has 0 aromatic rings. The molecule has 0 aliphatic rings. The lowest BCUT2D eigenvalue weighted by atomic mass is 10.2. The summed E-state index contributed by atoms with van der Waals surface area (Å²) in [5, 5.41) is 0. The summed E-state index contributed by atoms with van der Waals surface area (Å²) in [6.07, 6.45) is 5.66. The van der Waals surface area contributed by atoms with Crippen LogP contribution in [0.5, 0.6) is 0 Å². The van der Waals surface area contributed by atoms with Gasteiger partial charge in [-0.2, -0.15) is 0 Å². The van der Waals surface area contributed by atoms with Crippen molar-refractivity contribution in [3.63, 3.8) is 0 Å². The second kappa shape index (κ2) is 7.43. The molecule has 0 aromatic heterocycles. The van der Waals surface area contributed by atoms with Gasteiger partial charge in [-0.3, -0.25) is 0 Å². The minimum atomic E-state index is 0.756. The van der Waals surface area contributed by atoms with Crippen molar-refractivity contribution in [1.29, 1.82) is 0 Å². The third-order valence-electron chi connectivity index (χ3n) is 1.16. The fraction of sp³-hybridized carbons (Fsp3) is 0.667. The molecule has 0 spiro atoms. The van der Waals surface area contributed by atoms with Crippen LogP contribution in [0.3, 0.4) is 0 Å². The Labute approximate surface area is 58.7 Å². The first kappa shape index (κ1) is 8.43. The standard InChI is InChI=1S/C9H15/c1-3-5-7-9-8-6-4-2/h1,3-4,6,8-9H2,2H3/q+1. The quantitative estimate of drug-likeness (QED) is 0.307. The summed E-state index contributed by atoms with van der Waals surface area (Å²) >= 11 is 0. The minimum Gasteiger partial charge on any atom is -0.0989 e. The molecule has 9 heavy (non-hydrogen) atoms. The summed E-state index contributed by atoms with van der Waals surface area (Å²) in [4.78, 5) is 0. The Morgan fingerprint density at radius 2 is 2.00 bits per heavy atom. The average molecular weight is 123 g/mol. The molecule has 0 fully saturated rings. The lowest BCUT2D eigenvalue weighted by Gasteiger charge is -1.86. The van der Waals surface area contributed by atoms with Crippen LogP contribution < -0.4 is 0 Å². The van der Waals surface area contributed by atoms with Crippen molar-refractivity contribution in [2.24, 2.45) is 0 Å². The molecule has 0 aliphatic heterocycles. The van der Waals surface area contributed by atoms with Crippen LogP contribution in [0.4, 0.5) is 0 Å². The fourth-order valence-electron chi connectivity index (χ4n) is 0.640. The van der Waals surface area contributed by atoms with E-state index in [9.17, 15) is 0 Å². The molecule has 0 radical (unpaired) electrons. The number of unbranched alkanes of at least 4 members (excludes halogenated alkanes) is 3. The van der Waals surface area contributed by atoms with Crippen LogP contribution in [0.1, 0.15) is 39.0 Å². The van der Waals surface area contributed by atoms with Crippen LogP contribution in [0, 0.1) is 18.8 Å². The van der Waals surface area contributed by atoms with Gasteiger partial charge in [-0.25, -0.2) is 0 Å². The molecule has 0 rings (SSSR count). The van der Waals surface area contributed by atoms with Gasteiger partial charge in [-0.1, -0.05) is 31.6 Å². The monoisotopic (exact) mass is 123 g/mol. The van der Waals surface area contributed by atoms with Crippen LogP contribution >= 0.6 is 0 Å².